The lowest BCUT2D eigenvalue weighted by molar-refractivity contribution is 0.0690. The molecule has 1 fully saturated rings. The van der Waals surface area contributed by atoms with Gasteiger partial charge < -0.3 is 10.2 Å². The molecule has 0 atom stereocenters. The molecule has 0 saturated carbocycles. The third-order valence-corrected chi connectivity index (χ3v) is 5.18. The summed E-state index contributed by atoms with van der Waals surface area (Å²) in [4.78, 5) is 14.6. The number of fused-ring (bicyclic) bond motifs is 1. The fourth-order valence-corrected chi connectivity index (χ4v) is 3.74. The van der Waals surface area contributed by atoms with Gasteiger partial charge in [0.1, 0.15) is 0 Å². The van der Waals surface area contributed by atoms with Crippen LogP contribution >= 0.6 is 23.7 Å². The minimum atomic E-state index is 0. The molecule has 0 bridgehead atoms. The summed E-state index contributed by atoms with van der Waals surface area (Å²) < 4.78 is 1.25. The number of carbonyl (C=O) groups is 1. The van der Waals surface area contributed by atoms with Gasteiger partial charge in [0.15, 0.2) is 0 Å². The molecule has 3 nitrogen and oxygen atoms in total. The highest BCUT2D eigenvalue weighted by atomic mass is 35.5. The van der Waals surface area contributed by atoms with E-state index in [0.717, 1.165) is 44.6 Å². The normalized spacial score (nSPS) is 15.8. The zero-order valence-corrected chi connectivity index (χ0v) is 14.5. The molecule has 5 heteroatoms. The third kappa shape index (κ3) is 3.80. The van der Waals surface area contributed by atoms with Gasteiger partial charge in [-0.3, -0.25) is 4.79 Å². The fraction of sp³-hybridized carbons (Fsp3) is 0.471. The van der Waals surface area contributed by atoms with Gasteiger partial charge >= 0.3 is 0 Å². The van der Waals surface area contributed by atoms with E-state index < -0.39 is 0 Å². The Hall–Kier alpha value is -1.10. The first-order valence-corrected chi connectivity index (χ1v) is 8.63. The van der Waals surface area contributed by atoms with Gasteiger partial charge in [-0.1, -0.05) is 6.92 Å². The highest BCUT2D eigenvalue weighted by Crippen LogP contribution is 2.24. The summed E-state index contributed by atoms with van der Waals surface area (Å²) in [6.45, 7) is 6.02. The summed E-state index contributed by atoms with van der Waals surface area (Å²) in [6, 6.07) is 8.13. The smallest absolute Gasteiger partial charge is 0.253 e. The molecule has 1 aromatic heterocycles. The summed E-state index contributed by atoms with van der Waals surface area (Å²) >= 11 is 1.72. The van der Waals surface area contributed by atoms with E-state index in [4.69, 9.17) is 0 Å². The Kier molecular flexibility index (Phi) is 6.24. The van der Waals surface area contributed by atoms with E-state index in [2.05, 4.69) is 29.8 Å². The Bertz CT molecular complexity index is 620. The molecule has 3 rings (SSSR count). The van der Waals surface area contributed by atoms with Crippen LogP contribution in [0.4, 0.5) is 0 Å². The molecule has 0 spiro atoms. The van der Waals surface area contributed by atoms with Crippen molar-refractivity contribution in [1.29, 1.82) is 0 Å². The monoisotopic (exact) mass is 338 g/mol. The van der Waals surface area contributed by atoms with Crippen LogP contribution in [0.3, 0.4) is 0 Å². The van der Waals surface area contributed by atoms with Crippen molar-refractivity contribution in [2.24, 2.45) is 5.92 Å². The number of rotatable bonds is 4. The first-order chi connectivity index (χ1) is 10.3. The van der Waals surface area contributed by atoms with Gasteiger partial charge in [0.05, 0.1) is 0 Å². The molecule has 1 aromatic carbocycles. The standard InChI is InChI=1S/C17H22N2OS.ClH/c1-2-18-12-13-5-8-19(9-6-13)17(20)15-3-4-16-14(11-15)7-10-21-16;/h3-4,7,10-11,13,18H,2,5-6,8-9,12H2,1H3;1H. The summed E-state index contributed by atoms with van der Waals surface area (Å²) in [5, 5.41) is 6.66. The average Bonchev–Trinajstić information content (AvgIpc) is 3.00. The maximum atomic E-state index is 12.6. The van der Waals surface area contributed by atoms with Crippen LogP contribution in [-0.2, 0) is 0 Å². The summed E-state index contributed by atoms with van der Waals surface area (Å²) in [5.41, 5.74) is 0.825. The zero-order chi connectivity index (χ0) is 14.7. The van der Waals surface area contributed by atoms with Crippen molar-refractivity contribution in [3.05, 3.63) is 35.2 Å². The van der Waals surface area contributed by atoms with Crippen molar-refractivity contribution in [1.82, 2.24) is 10.2 Å². The summed E-state index contributed by atoms with van der Waals surface area (Å²) in [5.74, 6) is 0.901. The van der Waals surface area contributed by atoms with E-state index in [1.165, 1.54) is 10.1 Å². The lowest BCUT2D eigenvalue weighted by Gasteiger charge is -2.32. The Morgan fingerprint density at radius 1 is 1.32 bits per heavy atom. The largest absolute Gasteiger partial charge is 0.339 e. The summed E-state index contributed by atoms with van der Waals surface area (Å²) in [6.07, 6.45) is 2.22. The van der Waals surface area contributed by atoms with Crippen LogP contribution in [0.15, 0.2) is 29.6 Å². The molecule has 1 N–H and O–H groups in total. The number of hydrogen-bond acceptors (Lipinski definition) is 3. The van der Waals surface area contributed by atoms with E-state index in [-0.39, 0.29) is 18.3 Å². The second-order valence-electron chi connectivity index (χ2n) is 5.72. The van der Waals surface area contributed by atoms with Crippen molar-refractivity contribution in [3.8, 4) is 0 Å². The zero-order valence-electron chi connectivity index (χ0n) is 12.9. The van der Waals surface area contributed by atoms with Crippen molar-refractivity contribution in [2.75, 3.05) is 26.2 Å². The van der Waals surface area contributed by atoms with Crippen molar-refractivity contribution < 1.29 is 4.79 Å². The Morgan fingerprint density at radius 3 is 2.82 bits per heavy atom. The van der Waals surface area contributed by atoms with Crippen LogP contribution < -0.4 is 5.32 Å². The highest BCUT2D eigenvalue weighted by molar-refractivity contribution is 7.17. The van der Waals surface area contributed by atoms with Crippen molar-refractivity contribution in [2.45, 2.75) is 19.8 Å². The van der Waals surface area contributed by atoms with Gasteiger partial charge in [-0.2, -0.15) is 0 Å². The number of thiophene rings is 1. The number of piperidine rings is 1. The number of benzene rings is 1. The van der Waals surface area contributed by atoms with Gasteiger partial charge in [0.25, 0.3) is 5.91 Å². The average molecular weight is 339 g/mol. The van der Waals surface area contributed by atoms with Crippen LogP contribution in [-0.4, -0.2) is 37.0 Å². The number of carbonyl (C=O) groups excluding carboxylic acids is 1. The van der Waals surface area contributed by atoms with Crippen molar-refractivity contribution >= 4 is 39.7 Å². The molecule has 0 aliphatic carbocycles. The van der Waals surface area contributed by atoms with Crippen LogP contribution in [0, 0.1) is 5.92 Å². The molecule has 0 unspecified atom stereocenters. The van der Waals surface area contributed by atoms with Crippen molar-refractivity contribution in [3.63, 3.8) is 0 Å². The molecule has 120 valence electrons. The van der Waals surface area contributed by atoms with Gasteiger partial charge in [-0.05, 0) is 66.9 Å². The third-order valence-electron chi connectivity index (χ3n) is 4.28. The molecule has 22 heavy (non-hydrogen) atoms. The number of likely N-dealkylation sites (tertiary alicyclic amines) is 1. The van der Waals surface area contributed by atoms with E-state index in [0.29, 0.717) is 5.92 Å². The molecule has 1 saturated heterocycles. The van der Waals surface area contributed by atoms with E-state index in [1.54, 1.807) is 11.3 Å². The number of amides is 1. The number of nitrogens with one attached hydrogen (secondary N) is 1. The van der Waals surface area contributed by atoms with Crippen LogP contribution in [0.2, 0.25) is 0 Å². The van der Waals surface area contributed by atoms with Gasteiger partial charge in [-0.15, -0.1) is 23.7 Å². The molecule has 1 amide bonds. The Labute approximate surface area is 142 Å². The fourth-order valence-electron chi connectivity index (χ4n) is 2.97. The molecular weight excluding hydrogens is 316 g/mol. The second kappa shape index (κ2) is 7.95. The maximum Gasteiger partial charge on any atom is 0.253 e. The number of halogens is 1. The highest BCUT2D eigenvalue weighted by Gasteiger charge is 2.23. The lowest BCUT2D eigenvalue weighted by atomic mass is 9.96. The summed E-state index contributed by atoms with van der Waals surface area (Å²) in [7, 11) is 0. The van der Waals surface area contributed by atoms with Crippen LogP contribution in [0.1, 0.15) is 30.1 Å². The Balaban J connectivity index is 0.00000176. The van der Waals surface area contributed by atoms with E-state index in [1.807, 2.05) is 17.0 Å². The van der Waals surface area contributed by atoms with Crippen LogP contribution in [0.5, 0.6) is 0 Å². The van der Waals surface area contributed by atoms with Gasteiger partial charge in [0, 0.05) is 23.4 Å². The number of hydrogen-bond donors (Lipinski definition) is 1. The van der Waals surface area contributed by atoms with Gasteiger partial charge in [0.2, 0.25) is 0 Å². The predicted octanol–water partition coefficient (Wildman–Crippen LogP) is 3.78. The second-order valence-corrected chi connectivity index (χ2v) is 6.66. The SMILES string of the molecule is CCNCC1CCN(C(=O)c2ccc3sccc3c2)CC1.Cl. The molecule has 2 heterocycles. The lowest BCUT2D eigenvalue weighted by Crippen LogP contribution is -2.40. The molecule has 2 aromatic rings. The Morgan fingerprint density at radius 2 is 2.09 bits per heavy atom. The van der Waals surface area contributed by atoms with E-state index >= 15 is 0 Å². The van der Waals surface area contributed by atoms with E-state index in [9.17, 15) is 4.79 Å². The van der Waals surface area contributed by atoms with Gasteiger partial charge in [-0.25, -0.2) is 0 Å². The topological polar surface area (TPSA) is 32.3 Å². The minimum absolute atomic E-state index is 0. The minimum Gasteiger partial charge on any atom is -0.339 e. The number of nitrogens with zero attached hydrogens (tertiary/aromatic N) is 1. The quantitative estimate of drug-likeness (QED) is 0.920. The first kappa shape index (κ1) is 17.3. The molecule has 0 radical (unpaired) electrons. The molecular formula is C17H23ClN2OS. The predicted molar refractivity (Wildman–Crippen MR) is 96.2 cm³/mol. The van der Waals surface area contributed by atoms with Crippen LogP contribution in [0.25, 0.3) is 10.1 Å². The molecule has 1 aliphatic heterocycles. The molecule has 1 aliphatic rings. The maximum absolute atomic E-state index is 12.6. The first-order valence-electron chi connectivity index (χ1n) is 7.75.